The Morgan fingerprint density at radius 1 is 0.830 bits per heavy atom. The van der Waals surface area contributed by atoms with Crippen molar-refractivity contribution < 1.29 is 55.7 Å². The largest absolute Gasteiger partial charge is 0.497 e. The molecule has 9 nitrogen and oxygen atoms in total. The number of nitrogens with zero attached hydrogens (tertiary/aromatic N) is 3. The summed E-state index contributed by atoms with van der Waals surface area (Å²) in [6, 6.07) is 17.4. The Balaban J connectivity index is 0.000000360. The third-order valence-electron chi connectivity index (χ3n) is 8.75. The Morgan fingerprint density at radius 2 is 1.34 bits per heavy atom. The Bertz CT molecular complexity index is 1330. The van der Waals surface area contributed by atoms with Gasteiger partial charge < -0.3 is 24.7 Å². The molecular weight excluding hydrogens is 636 g/mol. The van der Waals surface area contributed by atoms with Gasteiger partial charge in [0.25, 0.3) is 0 Å². The molecule has 3 aliphatic rings. The lowest BCUT2D eigenvalue weighted by Crippen LogP contribution is -2.47. The first-order valence-electron chi connectivity index (χ1n) is 15.0. The number of likely N-dealkylation sites (tertiary alicyclic amines) is 1. The monoisotopic (exact) mass is 675 g/mol. The maximum Gasteiger partial charge on any atom is 0.490 e. The first-order chi connectivity index (χ1) is 21.9. The number of methoxy groups -OCH3 is 1. The van der Waals surface area contributed by atoms with Crippen LogP contribution in [0, 0.1) is 0 Å². The second kappa shape index (κ2) is 15.8. The van der Waals surface area contributed by atoms with Gasteiger partial charge in [-0.15, -0.1) is 0 Å². The van der Waals surface area contributed by atoms with Gasteiger partial charge in [-0.2, -0.15) is 26.3 Å². The van der Waals surface area contributed by atoms with E-state index in [1.54, 1.807) is 7.11 Å². The van der Waals surface area contributed by atoms with E-state index in [0.717, 1.165) is 58.0 Å². The second-order valence-corrected chi connectivity index (χ2v) is 11.9. The molecule has 1 spiro atoms. The highest BCUT2D eigenvalue weighted by molar-refractivity contribution is 5.77. The number of aliphatic carboxylic acids is 2. The van der Waals surface area contributed by atoms with Gasteiger partial charge in [0.05, 0.1) is 7.11 Å². The van der Waals surface area contributed by atoms with Gasteiger partial charge in [0.15, 0.2) is 0 Å². The highest BCUT2D eigenvalue weighted by Crippen LogP contribution is 2.52. The van der Waals surface area contributed by atoms with Gasteiger partial charge in [-0.25, -0.2) is 9.59 Å². The van der Waals surface area contributed by atoms with Gasteiger partial charge in [-0.3, -0.25) is 9.69 Å². The van der Waals surface area contributed by atoms with E-state index in [-0.39, 0.29) is 5.41 Å². The van der Waals surface area contributed by atoms with Gasteiger partial charge in [-0.1, -0.05) is 36.4 Å². The molecular formula is C32H39F6N3O6. The molecule has 2 aromatic carbocycles. The molecule has 1 unspecified atom stereocenters. The maximum absolute atomic E-state index is 13.1. The molecule has 2 aromatic rings. The average molecular weight is 676 g/mol. The summed E-state index contributed by atoms with van der Waals surface area (Å²) in [4.78, 5) is 37.9. The summed E-state index contributed by atoms with van der Waals surface area (Å²) in [5.41, 5.74) is 4.53. The number of piperidine rings is 1. The molecule has 0 bridgehead atoms. The number of carbonyl (C=O) groups excluding carboxylic acids is 1. The SMILES string of the molecule is COc1ccc(CN2CCC3(CC2)CC(CC(=O)N2CCN(C)CC2)c2ccccc23)cc1.O=C(O)C(F)(F)F.O=C(O)C(F)(F)F. The van der Waals surface area contributed by atoms with E-state index in [1.165, 1.54) is 29.5 Å². The summed E-state index contributed by atoms with van der Waals surface area (Å²) in [5.74, 6) is -3.89. The van der Waals surface area contributed by atoms with Crippen LogP contribution in [0.15, 0.2) is 48.5 Å². The summed E-state index contributed by atoms with van der Waals surface area (Å²) in [6.07, 6.45) is -6.01. The number of benzene rings is 2. The minimum atomic E-state index is -5.08. The molecule has 1 amide bonds. The molecule has 260 valence electrons. The zero-order chi connectivity index (χ0) is 35.0. The van der Waals surface area contributed by atoms with Crippen molar-refractivity contribution in [1.29, 1.82) is 0 Å². The molecule has 47 heavy (non-hydrogen) atoms. The number of piperazine rings is 1. The normalized spacial score (nSPS) is 19.5. The number of alkyl halides is 6. The van der Waals surface area contributed by atoms with Crippen molar-refractivity contribution in [1.82, 2.24) is 14.7 Å². The quantitative estimate of drug-likeness (QED) is 0.419. The first-order valence-corrected chi connectivity index (χ1v) is 15.0. The summed E-state index contributed by atoms with van der Waals surface area (Å²) >= 11 is 0. The number of halogens is 6. The Labute approximate surface area is 268 Å². The van der Waals surface area contributed by atoms with Gasteiger partial charge in [0.1, 0.15) is 5.75 Å². The topological polar surface area (TPSA) is 111 Å². The van der Waals surface area contributed by atoms with Crippen LogP contribution < -0.4 is 4.74 Å². The Morgan fingerprint density at radius 3 is 1.83 bits per heavy atom. The van der Waals surface area contributed by atoms with Crippen LogP contribution in [-0.4, -0.2) is 109 Å². The lowest BCUT2D eigenvalue weighted by atomic mass is 9.73. The molecule has 2 N–H and O–H groups in total. The minimum Gasteiger partial charge on any atom is -0.497 e. The van der Waals surface area contributed by atoms with Crippen molar-refractivity contribution in [3.63, 3.8) is 0 Å². The van der Waals surface area contributed by atoms with Crippen molar-refractivity contribution in [3.05, 3.63) is 65.2 Å². The number of rotatable bonds is 5. The van der Waals surface area contributed by atoms with Crippen LogP contribution in [0.1, 0.15) is 48.3 Å². The predicted octanol–water partition coefficient (Wildman–Crippen LogP) is 5.15. The maximum atomic E-state index is 13.1. The summed E-state index contributed by atoms with van der Waals surface area (Å²) in [6.45, 7) is 6.93. The average Bonchev–Trinajstić information content (AvgIpc) is 3.31. The van der Waals surface area contributed by atoms with E-state index in [1.807, 2.05) is 0 Å². The number of amides is 1. The van der Waals surface area contributed by atoms with E-state index in [4.69, 9.17) is 24.5 Å². The lowest BCUT2D eigenvalue weighted by molar-refractivity contribution is -0.193. The number of fused-ring (bicyclic) bond motifs is 2. The number of ether oxygens (including phenoxy) is 1. The molecule has 2 heterocycles. The number of hydrogen-bond donors (Lipinski definition) is 2. The van der Waals surface area contributed by atoms with Gasteiger partial charge in [0.2, 0.25) is 5.91 Å². The third kappa shape index (κ3) is 10.6. The number of carbonyl (C=O) groups is 3. The first kappa shape index (κ1) is 37.6. The standard InChI is InChI=1S/C28H37N3O2.2C2HF3O2/c1-29-15-17-31(18-16-29)27(32)19-23-20-28(26-6-4-3-5-25(23)26)11-13-30(14-12-28)21-22-7-9-24(33-2)10-8-22;2*3-2(4,5)1(6)7/h3-10,23H,11-21H2,1-2H3;2*(H,6,7). The van der Waals surface area contributed by atoms with Crippen molar-refractivity contribution in [2.75, 3.05) is 53.4 Å². The molecule has 1 aliphatic carbocycles. The number of carboxylic acids is 2. The molecule has 0 saturated carbocycles. The van der Waals surface area contributed by atoms with Gasteiger partial charge >= 0.3 is 24.3 Å². The predicted molar refractivity (Wildman–Crippen MR) is 159 cm³/mol. The number of hydrogen-bond acceptors (Lipinski definition) is 6. The summed E-state index contributed by atoms with van der Waals surface area (Å²) < 4.78 is 68.8. The highest BCUT2D eigenvalue weighted by Gasteiger charge is 2.46. The molecule has 1 atom stereocenters. The summed E-state index contributed by atoms with van der Waals surface area (Å²) in [5, 5.41) is 14.2. The Kier molecular flexibility index (Phi) is 12.7. The van der Waals surface area contributed by atoms with Crippen LogP contribution in [0.25, 0.3) is 0 Å². The molecule has 15 heteroatoms. The lowest BCUT2D eigenvalue weighted by Gasteiger charge is -2.40. The fourth-order valence-corrected chi connectivity index (χ4v) is 6.21. The Hall–Kier alpha value is -3.85. The van der Waals surface area contributed by atoms with Crippen LogP contribution in [-0.2, 0) is 26.3 Å². The minimum absolute atomic E-state index is 0.236. The molecule has 5 rings (SSSR count). The smallest absolute Gasteiger partial charge is 0.490 e. The van der Waals surface area contributed by atoms with E-state index < -0.39 is 24.3 Å². The van der Waals surface area contributed by atoms with Crippen LogP contribution >= 0.6 is 0 Å². The van der Waals surface area contributed by atoms with Crippen LogP contribution in [0.2, 0.25) is 0 Å². The third-order valence-corrected chi connectivity index (χ3v) is 8.75. The van der Waals surface area contributed by atoms with Crippen molar-refractivity contribution in [3.8, 4) is 5.75 Å². The molecule has 2 fully saturated rings. The van der Waals surface area contributed by atoms with Crippen molar-refractivity contribution in [2.45, 2.75) is 55.9 Å². The zero-order valence-corrected chi connectivity index (χ0v) is 26.1. The van der Waals surface area contributed by atoms with Crippen LogP contribution in [0.5, 0.6) is 5.75 Å². The van der Waals surface area contributed by atoms with Crippen molar-refractivity contribution >= 4 is 17.8 Å². The molecule has 0 radical (unpaired) electrons. The van der Waals surface area contributed by atoms with E-state index in [9.17, 15) is 31.1 Å². The fraction of sp³-hybridized carbons (Fsp3) is 0.531. The molecule has 2 aliphatic heterocycles. The van der Waals surface area contributed by atoms with Crippen LogP contribution in [0.3, 0.4) is 0 Å². The van der Waals surface area contributed by atoms with Crippen molar-refractivity contribution in [2.24, 2.45) is 0 Å². The van der Waals surface area contributed by atoms with Gasteiger partial charge in [0, 0.05) is 39.1 Å². The van der Waals surface area contributed by atoms with E-state index in [0.29, 0.717) is 18.2 Å². The van der Waals surface area contributed by atoms with E-state index in [2.05, 4.69) is 70.3 Å². The summed E-state index contributed by atoms with van der Waals surface area (Å²) in [7, 11) is 3.85. The van der Waals surface area contributed by atoms with Gasteiger partial charge in [-0.05, 0) is 79.6 Å². The fourth-order valence-electron chi connectivity index (χ4n) is 6.21. The second-order valence-electron chi connectivity index (χ2n) is 11.9. The number of carboxylic acid groups (broad SMARTS) is 2. The number of likely N-dealkylation sites (N-methyl/N-ethyl adjacent to an activating group) is 1. The molecule has 0 aromatic heterocycles. The zero-order valence-electron chi connectivity index (χ0n) is 26.1. The molecule has 2 saturated heterocycles. The van der Waals surface area contributed by atoms with Crippen LogP contribution in [0.4, 0.5) is 26.3 Å². The highest BCUT2D eigenvalue weighted by atomic mass is 19.4. The van der Waals surface area contributed by atoms with E-state index >= 15 is 0 Å².